The number of aromatic nitrogens is 1. The van der Waals surface area contributed by atoms with Crippen LogP contribution in [0, 0.1) is 0 Å². The number of hydrogen-bond acceptors (Lipinski definition) is 3. The number of halogens is 5. The molecule has 8 heteroatoms. The first-order valence-corrected chi connectivity index (χ1v) is 4.55. The summed E-state index contributed by atoms with van der Waals surface area (Å²) in [6.07, 6.45) is -9.52. The van der Waals surface area contributed by atoms with Crippen LogP contribution in [0.5, 0.6) is 0 Å². The molecular formula is C9H9F5N2O. The lowest BCUT2D eigenvalue weighted by Crippen LogP contribution is -2.27. The van der Waals surface area contributed by atoms with E-state index in [1.807, 2.05) is 0 Å². The molecule has 0 aromatic carbocycles. The van der Waals surface area contributed by atoms with Crippen molar-refractivity contribution in [3.8, 4) is 0 Å². The topological polar surface area (TPSA) is 45.1 Å². The number of pyridine rings is 1. The standard InChI is InChI=1S/C9H9F5N2O/c10-8(11)5(17)4-15-7-3-1-2-6(16-7)9(12,13)14/h1-3,5,8,17H,4H2,(H,15,16). The predicted octanol–water partition coefficient (Wildman–Crippen LogP) is 2.14. The van der Waals surface area contributed by atoms with Gasteiger partial charge in [0.2, 0.25) is 0 Å². The van der Waals surface area contributed by atoms with Crippen molar-refractivity contribution < 1.29 is 27.1 Å². The molecule has 0 amide bonds. The fraction of sp³-hybridized carbons (Fsp3) is 0.444. The van der Waals surface area contributed by atoms with Crippen LogP contribution in [0.3, 0.4) is 0 Å². The van der Waals surface area contributed by atoms with Crippen molar-refractivity contribution in [2.45, 2.75) is 18.7 Å². The minimum absolute atomic E-state index is 0.223. The summed E-state index contributed by atoms with van der Waals surface area (Å²) in [5.41, 5.74) is -1.13. The monoisotopic (exact) mass is 256 g/mol. The molecule has 17 heavy (non-hydrogen) atoms. The molecule has 0 saturated heterocycles. The van der Waals surface area contributed by atoms with E-state index in [0.717, 1.165) is 12.1 Å². The summed E-state index contributed by atoms with van der Waals surface area (Å²) in [6, 6.07) is 3.04. The molecule has 96 valence electrons. The number of hydrogen-bond donors (Lipinski definition) is 2. The van der Waals surface area contributed by atoms with Crippen LogP contribution >= 0.6 is 0 Å². The number of rotatable bonds is 4. The zero-order valence-corrected chi connectivity index (χ0v) is 8.38. The van der Waals surface area contributed by atoms with Crippen molar-refractivity contribution >= 4 is 5.82 Å². The van der Waals surface area contributed by atoms with Gasteiger partial charge in [-0.05, 0) is 12.1 Å². The number of aliphatic hydroxyl groups excluding tert-OH is 1. The minimum atomic E-state index is -4.60. The van der Waals surface area contributed by atoms with Crippen molar-refractivity contribution in [3.05, 3.63) is 23.9 Å². The molecule has 0 spiro atoms. The van der Waals surface area contributed by atoms with Gasteiger partial charge in [0.05, 0.1) is 0 Å². The number of nitrogens with one attached hydrogen (secondary N) is 1. The van der Waals surface area contributed by atoms with E-state index in [-0.39, 0.29) is 5.82 Å². The number of aliphatic hydroxyl groups is 1. The van der Waals surface area contributed by atoms with E-state index in [0.29, 0.717) is 0 Å². The van der Waals surface area contributed by atoms with Gasteiger partial charge in [-0.25, -0.2) is 13.8 Å². The lowest BCUT2D eigenvalue weighted by atomic mass is 10.3. The van der Waals surface area contributed by atoms with Gasteiger partial charge in [0.1, 0.15) is 17.6 Å². The van der Waals surface area contributed by atoms with Crippen LogP contribution in [0.25, 0.3) is 0 Å². The Labute approximate surface area is 93.3 Å². The fourth-order valence-corrected chi connectivity index (χ4v) is 0.989. The number of anilines is 1. The summed E-state index contributed by atoms with van der Waals surface area (Å²) in [7, 11) is 0. The third kappa shape index (κ3) is 4.14. The maximum absolute atomic E-state index is 12.2. The first kappa shape index (κ1) is 13.6. The molecule has 1 rings (SSSR count). The summed E-state index contributed by atoms with van der Waals surface area (Å²) >= 11 is 0. The lowest BCUT2D eigenvalue weighted by molar-refractivity contribution is -0.141. The molecule has 1 heterocycles. The highest BCUT2D eigenvalue weighted by molar-refractivity contribution is 5.36. The zero-order chi connectivity index (χ0) is 13.1. The van der Waals surface area contributed by atoms with E-state index in [2.05, 4.69) is 10.3 Å². The summed E-state index contributed by atoms with van der Waals surface area (Å²) < 4.78 is 60.5. The van der Waals surface area contributed by atoms with Crippen molar-refractivity contribution in [1.29, 1.82) is 0 Å². The fourth-order valence-electron chi connectivity index (χ4n) is 0.989. The van der Waals surface area contributed by atoms with Crippen molar-refractivity contribution in [3.63, 3.8) is 0 Å². The van der Waals surface area contributed by atoms with Crippen LogP contribution in [0.15, 0.2) is 18.2 Å². The summed E-state index contributed by atoms with van der Waals surface area (Å²) in [6.45, 7) is -0.577. The second kappa shape index (κ2) is 5.26. The maximum Gasteiger partial charge on any atom is 0.433 e. The number of alkyl halides is 5. The van der Waals surface area contributed by atoms with Crippen LogP contribution in [-0.2, 0) is 6.18 Å². The average Bonchev–Trinajstić information content (AvgIpc) is 2.25. The quantitative estimate of drug-likeness (QED) is 0.811. The number of nitrogens with zero attached hydrogens (tertiary/aromatic N) is 1. The summed E-state index contributed by atoms with van der Waals surface area (Å²) in [5, 5.41) is 11.0. The zero-order valence-electron chi connectivity index (χ0n) is 8.38. The third-order valence-corrected chi connectivity index (χ3v) is 1.82. The Morgan fingerprint density at radius 1 is 1.29 bits per heavy atom. The van der Waals surface area contributed by atoms with Gasteiger partial charge >= 0.3 is 6.18 Å². The molecule has 2 N–H and O–H groups in total. The smallest absolute Gasteiger partial charge is 0.385 e. The molecule has 0 aliphatic heterocycles. The molecule has 0 bridgehead atoms. The molecule has 1 unspecified atom stereocenters. The van der Waals surface area contributed by atoms with E-state index in [9.17, 15) is 22.0 Å². The molecule has 0 fully saturated rings. The summed E-state index contributed by atoms with van der Waals surface area (Å²) in [5.74, 6) is -0.223. The Morgan fingerprint density at radius 2 is 1.94 bits per heavy atom. The maximum atomic E-state index is 12.2. The van der Waals surface area contributed by atoms with Crippen molar-refractivity contribution in [1.82, 2.24) is 4.98 Å². The molecule has 0 radical (unpaired) electrons. The van der Waals surface area contributed by atoms with Gasteiger partial charge in [0.15, 0.2) is 0 Å². The molecular weight excluding hydrogens is 247 g/mol. The molecule has 0 aliphatic carbocycles. The van der Waals surface area contributed by atoms with Crippen LogP contribution in [0.4, 0.5) is 27.8 Å². The van der Waals surface area contributed by atoms with Gasteiger partial charge in [-0.2, -0.15) is 13.2 Å². The van der Waals surface area contributed by atoms with Gasteiger partial charge in [0.25, 0.3) is 6.43 Å². The van der Waals surface area contributed by atoms with Gasteiger partial charge in [-0.3, -0.25) is 0 Å². The van der Waals surface area contributed by atoms with E-state index in [1.165, 1.54) is 6.07 Å². The molecule has 3 nitrogen and oxygen atoms in total. The molecule has 1 aromatic heterocycles. The molecule has 0 saturated carbocycles. The first-order chi connectivity index (χ1) is 7.80. The first-order valence-electron chi connectivity index (χ1n) is 4.55. The van der Waals surface area contributed by atoms with Gasteiger partial charge in [-0.1, -0.05) is 6.07 Å². The second-order valence-electron chi connectivity index (χ2n) is 3.19. The Kier molecular flexibility index (Phi) is 4.22. The molecule has 1 aromatic rings. The Bertz CT molecular complexity index is 369. The van der Waals surface area contributed by atoms with E-state index < -0.39 is 30.9 Å². The average molecular weight is 256 g/mol. The van der Waals surface area contributed by atoms with E-state index in [1.54, 1.807) is 0 Å². The van der Waals surface area contributed by atoms with Crippen LogP contribution in [0.1, 0.15) is 5.69 Å². The van der Waals surface area contributed by atoms with Gasteiger partial charge in [0, 0.05) is 6.54 Å². The minimum Gasteiger partial charge on any atom is -0.385 e. The highest BCUT2D eigenvalue weighted by Gasteiger charge is 2.32. The van der Waals surface area contributed by atoms with E-state index >= 15 is 0 Å². The highest BCUT2D eigenvalue weighted by Crippen LogP contribution is 2.28. The third-order valence-electron chi connectivity index (χ3n) is 1.82. The Morgan fingerprint density at radius 3 is 2.47 bits per heavy atom. The largest absolute Gasteiger partial charge is 0.433 e. The van der Waals surface area contributed by atoms with Crippen LogP contribution in [-0.4, -0.2) is 29.2 Å². The van der Waals surface area contributed by atoms with Gasteiger partial charge in [-0.15, -0.1) is 0 Å². The van der Waals surface area contributed by atoms with Crippen molar-refractivity contribution in [2.24, 2.45) is 0 Å². The van der Waals surface area contributed by atoms with Crippen LogP contribution < -0.4 is 5.32 Å². The molecule has 0 aliphatic rings. The van der Waals surface area contributed by atoms with Gasteiger partial charge < -0.3 is 10.4 Å². The highest BCUT2D eigenvalue weighted by atomic mass is 19.4. The second-order valence-corrected chi connectivity index (χ2v) is 3.19. The Balaban J connectivity index is 2.67. The Hall–Kier alpha value is -1.44. The molecule has 1 atom stereocenters. The van der Waals surface area contributed by atoms with Crippen LogP contribution in [0.2, 0.25) is 0 Å². The lowest BCUT2D eigenvalue weighted by Gasteiger charge is -2.12. The normalized spacial score (nSPS) is 13.8. The summed E-state index contributed by atoms with van der Waals surface area (Å²) in [4.78, 5) is 3.18. The predicted molar refractivity (Wildman–Crippen MR) is 49.7 cm³/mol. The van der Waals surface area contributed by atoms with E-state index in [4.69, 9.17) is 5.11 Å². The SMILES string of the molecule is OC(CNc1cccc(C(F)(F)F)n1)C(F)F. The van der Waals surface area contributed by atoms with Crippen molar-refractivity contribution in [2.75, 3.05) is 11.9 Å².